The lowest BCUT2D eigenvalue weighted by Gasteiger charge is -2.12. The quantitative estimate of drug-likeness (QED) is 0.352. The second kappa shape index (κ2) is 11.2. The van der Waals surface area contributed by atoms with Crippen molar-refractivity contribution < 1.29 is 9.53 Å². The van der Waals surface area contributed by atoms with E-state index in [4.69, 9.17) is 10.00 Å². The molecule has 0 fully saturated rings. The van der Waals surface area contributed by atoms with Crippen molar-refractivity contribution in [2.75, 3.05) is 17.7 Å². The van der Waals surface area contributed by atoms with Gasteiger partial charge in [0.1, 0.15) is 11.6 Å². The van der Waals surface area contributed by atoms with Gasteiger partial charge in [-0.3, -0.25) is 9.36 Å². The molecule has 1 heterocycles. The van der Waals surface area contributed by atoms with E-state index in [9.17, 15) is 4.79 Å². The number of nitrogens with zero attached hydrogens (tertiary/aromatic N) is 4. The number of hydrogen-bond acceptors (Lipinski definition) is 6. The van der Waals surface area contributed by atoms with Crippen molar-refractivity contribution in [3.8, 4) is 17.5 Å². The van der Waals surface area contributed by atoms with E-state index in [1.54, 1.807) is 24.3 Å². The lowest BCUT2D eigenvalue weighted by atomic mass is 10.1. The molecule has 8 heteroatoms. The van der Waals surface area contributed by atoms with Gasteiger partial charge in [-0.1, -0.05) is 48.2 Å². The van der Waals surface area contributed by atoms with E-state index in [2.05, 4.69) is 21.6 Å². The number of ether oxygens (including phenoxy) is 1. The minimum Gasteiger partial charge on any atom is -0.494 e. The lowest BCUT2D eigenvalue weighted by Crippen LogP contribution is -2.14. The zero-order valence-electron chi connectivity index (χ0n) is 18.6. The molecule has 0 aliphatic carbocycles. The Morgan fingerprint density at radius 2 is 1.85 bits per heavy atom. The molecule has 0 radical (unpaired) electrons. The molecule has 4 rings (SSSR count). The Morgan fingerprint density at radius 1 is 1.06 bits per heavy atom. The van der Waals surface area contributed by atoms with Crippen molar-refractivity contribution in [1.82, 2.24) is 14.8 Å². The predicted octanol–water partition coefficient (Wildman–Crippen LogP) is 4.86. The van der Waals surface area contributed by atoms with Gasteiger partial charge in [0.15, 0.2) is 5.16 Å². The number of carbonyl (C=O) groups is 1. The van der Waals surface area contributed by atoms with Crippen LogP contribution in [0.15, 0.2) is 84.0 Å². The van der Waals surface area contributed by atoms with Crippen molar-refractivity contribution in [1.29, 1.82) is 5.26 Å². The van der Waals surface area contributed by atoms with Gasteiger partial charge >= 0.3 is 0 Å². The SMILES string of the molecule is CCOc1ccc(-n2c(Cc3ccccc3)nnc2SCC(=O)Nc2cccc(C#N)c2)cc1. The van der Waals surface area contributed by atoms with E-state index in [1.165, 1.54) is 11.8 Å². The number of aromatic nitrogens is 3. The molecule has 0 atom stereocenters. The fraction of sp³-hybridized carbons (Fsp3) is 0.154. The average molecular weight is 470 g/mol. The van der Waals surface area contributed by atoms with Crippen LogP contribution in [0.5, 0.6) is 5.75 Å². The van der Waals surface area contributed by atoms with Crippen LogP contribution in [0.4, 0.5) is 5.69 Å². The van der Waals surface area contributed by atoms with Crippen LogP contribution < -0.4 is 10.1 Å². The summed E-state index contributed by atoms with van der Waals surface area (Å²) >= 11 is 1.31. The summed E-state index contributed by atoms with van der Waals surface area (Å²) in [6.07, 6.45) is 0.606. The smallest absolute Gasteiger partial charge is 0.234 e. The fourth-order valence-corrected chi connectivity index (χ4v) is 4.17. The molecular formula is C26H23N5O2S. The van der Waals surface area contributed by atoms with Crippen LogP contribution in [-0.4, -0.2) is 33.0 Å². The third kappa shape index (κ3) is 5.82. The highest BCUT2D eigenvalue weighted by Gasteiger charge is 2.17. The van der Waals surface area contributed by atoms with Crippen molar-refractivity contribution >= 4 is 23.4 Å². The summed E-state index contributed by atoms with van der Waals surface area (Å²) in [5.41, 5.74) is 3.09. The van der Waals surface area contributed by atoms with E-state index in [0.717, 1.165) is 22.8 Å². The lowest BCUT2D eigenvalue weighted by molar-refractivity contribution is -0.113. The molecule has 0 unspecified atom stereocenters. The molecule has 7 nitrogen and oxygen atoms in total. The van der Waals surface area contributed by atoms with E-state index in [0.29, 0.717) is 29.4 Å². The molecule has 0 spiro atoms. The predicted molar refractivity (Wildman–Crippen MR) is 132 cm³/mol. The van der Waals surface area contributed by atoms with Crippen molar-refractivity contribution in [3.63, 3.8) is 0 Å². The Kier molecular flexibility index (Phi) is 7.58. The summed E-state index contributed by atoms with van der Waals surface area (Å²) in [6.45, 7) is 2.54. The van der Waals surface area contributed by atoms with Gasteiger partial charge < -0.3 is 10.1 Å². The standard InChI is InChI=1S/C26H23N5O2S/c1-2-33-23-13-11-22(12-14-23)31-24(16-19-7-4-3-5-8-19)29-30-26(31)34-18-25(32)28-21-10-6-9-20(15-21)17-27/h3-15H,2,16,18H2,1H3,(H,28,32). The van der Waals surface area contributed by atoms with Gasteiger partial charge in [-0.15, -0.1) is 10.2 Å². The summed E-state index contributed by atoms with van der Waals surface area (Å²) in [6, 6.07) is 26.7. The zero-order valence-corrected chi connectivity index (χ0v) is 19.5. The maximum atomic E-state index is 12.6. The molecule has 1 amide bonds. The first-order valence-corrected chi connectivity index (χ1v) is 11.8. The number of amides is 1. The van der Waals surface area contributed by atoms with Crippen LogP contribution in [0.1, 0.15) is 23.9 Å². The van der Waals surface area contributed by atoms with E-state index in [1.807, 2.05) is 66.1 Å². The van der Waals surface area contributed by atoms with Gasteiger partial charge in [0.2, 0.25) is 5.91 Å². The summed E-state index contributed by atoms with van der Waals surface area (Å²) in [5.74, 6) is 1.53. The molecule has 0 aliphatic heterocycles. The first-order valence-electron chi connectivity index (χ1n) is 10.8. The summed E-state index contributed by atoms with van der Waals surface area (Å²) < 4.78 is 7.54. The largest absolute Gasteiger partial charge is 0.494 e. The number of nitrogens with one attached hydrogen (secondary N) is 1. The van der Waals surface area contributed by atoms with Gasteiger partial charge in [0.25, 0.3) is 0 Å². The molecule has 3 aromatic carbocycles. The van der Waals surface area contributed by atoms with Crippen LogP contribution in [0.25, 0.3) is 5.69 Å². The highest BCUT2D eigenvalue weighted by molar-refractivity contribution is 7.99. The van der Waals surface area contributed by atoms with E-state index in [-0.39, 0.29) is 11.7 Å². The highest BCUT2D eigenvalue weighted by atomic mass is 32.2. The maximum absolute atomic E-state index is 12.6. The molecule has 0 aliphatic rings. The minimum absolute atomic E-state index is 0.150. The molecule has 34 heavy (non-hydrogen) atoms. The number of thioether (sulfide) groups is 1. The van der Waals surface area contributed by atoms with Crippen molar-refractivity contribution in [3.05, 3.63) is 95.8 Å². The van der Waals surface area contributed by atoms with Crippen molar-refractivity contribution in [2.24, 2.45) is 0 Å². The van der Waals surface area contributed by atoms with E-state index < -0.39 is 0 Å². The van der Waals surface area contributed by atoms with Gasteiger partial charge in [0, 0.05) is 17.8 Å². The second-order valence-electron chi connectivity index (χ2n) is 7.35. The maximum Gasteiger partial charge on any atom is 0.234 e. The third-order valence-corrected chi connectivity index (χ3v) is 5.85. The Morgan fingerprint density at radius 3 is 2.59 bits per heavy atom. The van der Waals surface area contributed by atoms with Crippen LogP contribution in [0.2, 0.25) is 0 Å². The normalized spacial score (nSPS) is 10.5. The fourth-order valence-electron chi connectivity index (χ4n) is 3.40. The average Bonchev–Trinajstić information content (AvgIpc) is 3.26. The summed E-state index contributed by atoms with van der Waals surface area (Å²) in [5, 5.41) is 21.3. The second-order valence-corrected chi connectivity index (χ2v) is 8.30. The molecule has 0 saturated heterocycles. The Hall–Kier alpha value is -4.09. The van der Waals surface area contributed by atoms with Gasteiger partial charge in [-0.05, 0) is 55.0 Å². The minimum atomic E-state index is -0.189. The molecule has 1 aromatic heterocycles. The monoisotopic (exact) mass is 469 g/mol. The zero-order chi connectivity index (χ0) is 23.8. The number of carbonyl (C=O) groups excluding carboxylic acids is 1. The van der Waals surface area contributed by atoms with Crippen molar-refractivity contribution in [2.45, 2.75) is 18.5 Å². The van der Waals surface area contributed by atoms with Crippen LogP contribution in [-0.2, 0) is 11.2 Å². The number of benzene rings is 3. The molecule has 4 aromatic rings. The Labute approximate surface area is 202 Å². The van der Waals surface area contributed by atoms with Crippen LogP contribution in [0.3, 0.4) is 0 Å². The highest BCUT2D eigenvalue weighted by Crippen LogP contribution is 2.25. The molecule has 1 N–H and O–H groups in total. The topological polar surface area (TPSA) is 92.8 Å². The summed E-state index contributed by atoms with van der Waals surface area (Å²) in [7, 11) is 0. The van der Waals surface area contributed by atoms with Gasteiger partial charge in [0.05, 0.1) is 24.0 Å². The van der Waals surface area contributed by atoms with Gasteiger partial charge in [-0.25, -0.2) is 0 Å². The molecular weight excluding hydrogens is 446 g/mol. The molecule has 0 bridgehead atoms. The molecule has 0 saturated carbocycles. The van der Waals surface area contributed by atoms with E-state index >= 15 is 0 Å². The number of rotatable bonds is 9. The van der Waals surface area contributed by atoms with Crippen LogP contribution >= 0.6 is 11.8 Å². The number of nitriles is 1. The number of anilines is 1. The Bertz CT molecular complexity index is 1300. The number of hydrogen-bond donors (Lipinski definition) is 1. The van der Waals surface area contributed by atoms with Gasteiger partial charge in [-0.2, -0.15) is 5.26 Å². The first-order chi connectivity index (χ1) is 16.7. The first kappa shape index (κ1) is 23.1. The Balaban J connectivity index is 1.55. The summed E-state index contributed by atoms with van der Waals surface area (Å²) in [4.78, 5) is 12.6. The third-order valence-electron chi connectivity index (χ3n) is 4.92. The van der Waals surface area contributed by atoms with Crippen LogP contribution in [0, 0.1) is 11.3 Å². The molecule has 170 valence electrons.